The quantitative estimate of drug-likeness (QED) is 0.870. The second-order valence-corrected chi connectivity index (χ2v) is 5.57. The molecule has 0 bridgehead atoms. The summed E-state index contributed by atoms with van der Waals surface area (Å²) >= 11 is 4.82. The predicted molar refractivity (Wildman–Crippen MR) is 68.8 cm³/mol. The van der Waals surface area contributed by atoms with Crippen LogP contribution in [0.15, 0.2) is 21.8 Å². The number of rotatable bonds is 4. The Labute approximate surface area is 108 Å². The van der Waals surface area contributed by atoms with Gasteiger partial charge in [0.15, 0.2) is 0 Å². The predicted octanol–water partition coefficient (Wildman–Crippen LogP) is 2.71. The Bertz CT molecular complexity index is 407. The summed E-state index contributed by atoms with van der Waals surface area (Å²) in [6.07, 6.45) is 6.12. The van der Waals surface area contributed by atoms with Gasteiger partial charge in [0, 0.05) is 17.2 Å². The normalized spacial score (nSPS) is 14.9. The summed E-state index contributed by atoms with van der Waals surface area (Å²) in [4.78, 5) is 16.1. The number of aromatic nitrogens is 1. The Hall–Kier alpha value is -0.550. The molecule has 1 N–H and O–H groups in total. The number of hydrogen-bond acceptors (Lipinski definition) is 3. The lowest BCUT2D eigenvalue weighted by Gasteiger charge is -2.07. The van der Waals surface area contributed by atoms with Gasteiger partial charge in [-0.2, -0.15) is 0 Å². The maximum atomic E-state index is 11.9. The number of nitrogens with one attached hydrogen (secondary N) is 1. The average Bonchev–Trinajstić information content (AvgIpc) is 3.09. The summed E-state index contributed by atoms with van der Waals surface area (Å²) in [6, 6.07) is 1.82. The standard InChI is InChI=1S/C11H13BrN2OS/c1-16-11-9(4-8(12)6-14-11)10(15)13-5-7-2-3-7/h4,6-7H,2-3,5H2,1H3,(H,13,15). The molecule has 0 spiro atoms. The van der Waals surface area contributed by atoms with E-state index in [-0.39, 0.29) is 5.91 Å². The number of pyridine rings is 1. The van der Waals surface area contributed by atoms with Gasteiger partial charge in [0.1, 0.15) is 5.03 Å². The van der Waals surface area contributed by atoms with E-state index in [2.05, 4.69) is 26.2 Å². The topological polar surface area (TPSA) is 42.0 Å². The molecule has 0 aromatic carbocycles. The smallest absolute Gasteiger partial charge is 0.254 e. The fraction of sp³-hybridized carbons (Fsp3) is 0.455. The zero-order valence-electron chi connectivity index (χ0n) is 9.00. The van der Waals surface area contributed by atoms with Gasteiger partial charge >= 0.3 is 0 Å². The van der Waals surface area contributed by atoms with Crippen molar-refractivity contribution in [2.45, 2.75) is 17.9 Å². The van der Waals surface area contributed by atoms with E-state index in [0.717, 1.165) is 16.0 Å². The number of carbonyl (C=O) groups is 1. The zero-order chi connectivity index (χ0) is 11.5. The summed E-state index contributed by atoms with van der Waals surface area (Å²) in [5.74, 6) is 0.673. The summed E-state index contributed by atoms with van der Waals surface area (Å²) in [5.41, 5.74) is 0.655. The molecule has 1 amide bonds. The van der Waals surface area contributed by atoms with Crippen LogP contribution in [-0.2, 0) is 0 Å². The largest absolute Gasteiger partial charge is 0.352 e. The summed E-state index contributed by atoms with van der Waals surface area (Å²) < 4.78 is 0.835. The summed E-state index contributed by atoms with van der Waals surface area (Å²) in [7, 11) is 0. The molecular formula is C11H13BrN2OS. The van der Waals surface area contributed by atoms with Crippen molar-refractivity contribution >= 4 is 33.6 Å². The Morgan fingerprint density at radius 1 is 1.69 bits per heavy atom. The molecule has 0 saturated heterocycles. The minimum absolute atomic E-state index is 0.0231. The molecule has 1 aliphatic rings. The van der Waals surface area contributed by atoms with Gasteiger partial charge in [-0.05, 0) is 47.0 Å². The highest BCUT2D eigenvalue weighted by molar-refractivity contribution is 9.10. The van der Waals surface area contributed by atoms with Gasteiger partial charge in [-0.15, -0.1) is 11.8 Å². The molecule has 0 radical (unpaired) electrons. The number of carbonyl (C=O) groups excluding carboxylic acids is 1. The summed E-state index contributed by atoms with van der Waals surface area (Å²) in [5, 5.41) is 3.72. The molecule has 1 fully saturated rings. The van der Waals surface area contributed by atoms with Crippen LogP contribution in [-0.4, -0.2) is 23.7 Å². The van der Waals surface area contributed by atoms with Crippen LogP contribution in [0.4, 0.5) is 0 Å². The van der Waals surface area contributed by atoms with Crippen LogP contribution >= 0.6 is 27.7 Å². The maximum absolute atomic E-state index is 11.9. The van der Waals surface area contributed by atoms with Crippen LogP contribution in [0.25, 0.3) is 0 Å². The van der Waals surface area contributed by atoms with Gasteiger partial charge in [0.2, 0.25) is 0 Å². The van der Waals surface area contributed by atoms with E-state index in [9.17, 15) is 4.79 Å². The van der Waals surface area contributed by atoms with Crippen molar-refractivity contribution in [2.75, 3.05) is 12.8 Å². The molecule has 86 valence electrons. The lowest BCUT2D eigenvalue weighted by atomic mass is 10.2. The van der Waals surface area contributed by atoms with E-state index in [1.165, 1.54) is 24.6 Å². The molecule has 1 aliphatic carbocycles. The van der Waals surface area contributed by atoms with Crippen molar-refractivity contribution < 1.29 is 4.79 Å². The number of nitrogens with zero attached hydrogens (tertiary/aromatic N) is 1. The number of halogens is 1. The van der Waals surface area contributed by atoms with E-state index in [1.807, 2.05) is 12.3 Å². The van der Waals surface area contributed by atoms with Crippen LogP contribution < -0.4 is 5.32 Å². The lowest BCUT2D eigenvalue weighted by molar-refractivity contribution is 0.0948. The highest BCUT2D eigenvalue weighted by Gasteiger charge is 2.22. The van der Waals surface area contributed by atoms with Crippen molar-refractivity contribution in [2.24, 2.45) is 5.92 Å². The zero-order valence-corrected chi connectivity index (χ0v) is 11.4. The highest BCUT2D eigenvalue weighted by atomic mass is 79.9. The van der Waals surface area contributed by atoms with E-state index < -0.39 is 0 Å². The molecule has 1 heterocycles. The van der Waals surface area contributed by atoms with Gasteiger partial charge in [-0.25, -0.2) is 4.98 Å². The molecule has 5 heteroatoms. The van der Waals surface area contributed by atoms with Crippen LogP contribution in [0, 0.1) is 5.92 Å². The third kappa shape index (κ3) is 2.98. The van der Waals surface area contributed by atoms with Crippen LogP contribution in [0.5, 0.6) is 0 Å². The number of hydrogen-bond donors (Lipinski definition) is 1. The van der Waals surface area contributed by atoms with Crippen molar-refractivity contribution in [1.29, 1.82) is 0 Å². The molecular weight excluding hydrogens is 288 g/mol. The second-order valence-electron chi connectivity index (χ2n) is 3.86. The van der Waals surface area contributed by atoms with Gasteiger partial charge in [0.05, 0.1) is 5.56 Å². The highest BCUT2D eigenvalue weighted by Crippen LogP contribution is 2.28. The fourth-order valence-corrected chi connectivity index (χ4v) is 2.27. The molecule has 0 aliphatic heterocycles. The molecule has 3 nitrogen and oxygen atoms in total. The van der Waals surface area contributed by atoms with Crippen molar-refractivity contribution in [3.8, 4) is 0 Å². The fourth-order valence-electron chi connectivity index (χ4n) is 1.41. The second kappa shape index (κ2) is 5.19. The van der Waals surface area contributed by atoms with Gasteiger partial charge in [0.25, 0.3) is 5.91 Å². The van der Waals surface area contributed by atoms with Crippen LogP contribution in [0.2, 0.25) is 0 Å². The molecule has 1 saturated carbocycles. The Morgan fingerprint density at radius 3 is 3.06 bits per heavy atom. The van der Waals surface area contributed by atoms with Crippen molar-refractivity contribution in [3.63, 3.8) is 0 Å². The molecule has 1 aromatic heterocycles. The first-order valence-corrected chi connectivity index (χ1v) is 7.20. The van der Waals surface area contributed by atoms with E-state index in [4.69, 9.17) is 0 Å². The first-order chi connectivity index (χ1) is 7.70. The molecule has 2 rings (SSSR count). The average molecular weight is 301 g/mol. The lowest BCUT2D eigenvalue weighted by Crippen LogP contribution is -2.26. The SMILES string of the molecule is CSc1ncc(Br)cc1C(=O)NCC1CC1. The van der Waals surface area contributed by atoms with E-state index in [1.54, 1.807) is 6.20 Å². The summed E-state index contributed by atoms with van der Waals surface area (Å²) in [6.45, 7) is 0.791. The maximum Gasteiger partial charge on any atom is 0.254 e. The third-order valence-electron chi connectivity index (χ3n) is 2.50. The Morgan fingerprint density at radius 2 is 2.44 bits per heavy atom. The number of thioether (sulfide) groups is 1. The molecule has 0 unspecified atom stereocenters. The minimum Gasteiger partial charge on any atom is -0.352 e. The first kappa shape index (κ1) is 11.9. The monoisotopic (exact) mass is 300 g/mol. The van der Waals surface area contributed by atoms with Gasteiger partial charge < -0.3 is 5.32 Å². The molecule has 16 heavy (non-hydrogen) atoms. The van der Waals surface area contributed by atoms with Crippen LogP contribution in [0.1, 0.15) is 23.2 Å². The third-order valence-corrected chi connectivity index (χ3v) is 3.65. The molecule has 1 aromatic rings. The van der Waals surface area contributed by atoms with Gasteiger partial charge in [-0.3, -0.25) is 4.79 Å². The first-order valence-electron chi connectivity index (χ1n) is 5.18. The Balaban J connectivity index is 2.09. The van der Waals surface area contributed by atoms with Crippen LogP contribution in [0.3, 0.4) is 0 Å². The Kier molecular flexibility index (Phi) is 3.86. The van der Waals surface area contributed by atoms with Gasteiger partial charge in [-0.1, -0.05) is 0 Å². The van der Waals surface area contributed by atoms with E-state index in [0.29, 0.717) is 11.5 Å². The number of amides is 1. The van der Waals surface area contributed by atoms with Crippen molar-refractivity contribution in [3.05, 3.63) is 22.3 Å². The molecule has 0 atom stereocenters. The van der Waals surface area contributed by atoms with E-state index >= 15 is 0 Å². The minimum atomic E-state index is -0.0231. The van der Waals surface area contributed by atoms with Crippen molar-refractivity contribution in [1.82, 2.24) is 10.3 Å².